The van der Waals surface area contributed by atoms with Gasteiger partial charge in [0, 0.05) is 24.2 Å². The van der Waals surface area contributed by atoms with E-state index in [1.165, 1.54) is 14.2 Å². The number of hydrogen-bond acceptors (Lipinski definition) is 12. The molecule has 0 spiro atoms. The number of amides is 4. The van der Waals surface area contributed by atoms with Gasteiger partial charge in [-0.3, -0.25) is 9.59 Å². The molecule has 8 aromatic rings. The number of benzene rings is 4. The zero-order valence-corrected chi connectivity index (χ0v) is 43.1. The summed E-state index contributed by atoms with van der Waals surface area (Å²) in [6, 6.07) is 33.0. The molecule has 0 aliphatic carbocycles. The Morgan fingerprint density at radius 3 is 1.25 bits per heavy atom. The van der Waals surface area contributed by atoms with Gasteiger partial charge in [0.1, 0.15) is 35.1 Å². The van der Waals surface area contributed by atoms with Gasteiger partial charge in [-0.05, 0) is 46.9 Å². The highest BCUT2D eigenvalue weighted by molar-refractivity contribution is 5.87. The van der Waals surface area contributed by atoms with Crippen molar-refractivity contribution in [2.24, 2.45) is 11.8 Å². The number of imidazole rings is 2. The van der Waals surface area contributed by atoms with Crippen LogP contribution in [0.1, 0.15) is 76.4 Å². The molecular weight excluding hydrogens is 965 g/mol. The van der Waals surface area contributed by atoms with Gasteiger partial charge < -0.3 is 39.9 Å². The first-order valence-electron chi connectivity index (χ1n) is 25.4. The van der Waals surface area contributed by atoms with Crippen molar-refractivity contribution in [1.29, 1.82) is 0 Å². The molecule has 4 N–H and O–H groups in total. The Bertz CT molecular complexity index is 3080. The van der Waals surface area contributed by atoms with Gasteiger partial charge in [-0.25, -0.2) is 28.9 Å². The van der Waals surface area contributed by atoms with Gasteiger partial charge in [0.05, 0.1) is 74.6 Å². The second-order valence-electron chi connectivity index (χ2n) is 19.9. The molecule has 2 fully saturated rings. The number of nitrogens with one attached hydrogen (secondary N) is 4. The van der Waals surface area contributed by atoms with Crippen molar-refractivity contribution < 1.29 is 28.7 Å². The van der Waals surface area contributed by atoms with Gasteiger partial charge in [0.2, 0.25) is 11.8 Å². The van der Waals surface area contributed by atoms with E-state index in [9.17, 15) is 19.2 Å². The lowest BCUT2D eigenvalue weighted by atomic mass is 10.0. The lowest BCUT2D eigenvalue weighted by Crippen LogP contribution is -2.51. The molecule has 76 heavy (non-hydrogen) atoms. The van der Waals surface area contributed by atoms with Crippen LogP contribution in [-0.2, 0) is 19.1 Å². The van der Waals surface area contributed by atoms with Crippen LogP contribution in [0, 0.1) is 11.8 Å². The Labute approximate surface area is 439 Å². The summed E-state index contributed by atoms with van der Waals surface area (Å²) in [7, 11) is 2.56. The van der Waals surface area contributed by atoms with Crippen LogP contribution in [0.3, 0.4) is 0 Å². The minimum absolute atomic E-state index is 0.206. The summed E-state index contributed by atoms with van der Waals surface area (Å²) >= 11 is 0. The quantitative estimate of drug-likeness (QED) is 0.0757. The van der Waals surface area contributed by atoms with E-state index in [0.717, 1.165) is 56.2 Å². The summed E-state index contributed by atoms with van der Waals surface area (Å²) in [6.07, 6.45) is 7.04. The summed E-state index contributed by atoms with van der Waals surface area (Å²) in [4.78, 5) is 73.7. The Hall–Kier alpha value is -8.94. The Morgan fingerprint density at radius 1 is 0.526 bits per heavy atom. The maximum Gasteiger partial charge on any atom is 0.407 e. The van der Waals surface area contributed by atoms with Crippen LogP contribution >= 0.6 is 0 Å². The van der Waals surface area contributed by atoms with E-state index >= 15 is 0 Å². The maximum absolute atomic E-state index is 14.4. The summed E-state index contributed by atoms with van der Waals surface area (Å²) < 4.78 is 13.4. The molecule has 0 bridgehead atoms. The molecule has 0 saturated carbocycles. The number of methoxy groups -OCH3 is 2. The highest BCUT2D eigenvalue weighted by Gasteiger charge is 2.44. The predicted octanol–water partition coefficient (Wildman–Crippen LogP) is 8.44. The molecule has 10 rings (SSSR count). The molecule has 4 aromatic heterocycles. The maximum atomic E-state index is 14.4. The highest BCUT2D eigenvalue weighted by Crippen LogP contribution is 2.41. The number of hydrogen-bond donors (Lipinski definition) is 4. The predicted molar refractivity (Wildman–Crippen MR) is 283 cm³/mol. The van der Waals surface area contributed by atoms with E-state index < -0.39 is 36.4 Å². The van der Waals surface area contributed by atoms with E-state index in [4.69, 9.17) is 19.4 Å². The number of carbonyl (C=O) groups excluding carboxylic acids is 4. The molecule has 2 aliphatic rings. The third kappa shape index (κ3) is 10.6. The zero-order chi connectivity index (χ0) is 53.0. The molecule has 4 amide bonds. The van der Waals surface area contributed by atoms with Crippen LogP contribution in [-0.4, -0.2) is 123 Å². The second-order valence-corrected chi connectivity index (χ2v) is 19.9. The number of H-pyrrole nitrogens is 2. The lowest BCUT2D eigenvalue weighted by Gasteiger charge is -2.29. The number of likely N-dealkylation sites (tertiary alicyclic amines) is 2. The van der Waals surface area contributed by atoms with Crippen LogP contribution in [0.15, 0.2) is 134 Å². The van der Waals surface area contributed by atoms with Crippen molar-refractivity contribution in [3.05, 3.63) is 146 Å². The number of rotatable bonds is 15. The van der Waals surface area contributed by atoms with Crippen LogP contribution in [0.25, 0.3) is 56.2 Å². The van der Waals surface area contributed by atoms with Gasteiger partial charge in [-0.15, -0.1) is 10.2 Å². The van der Waals surface area contributed by atoms with Crippen LogP contribution in [0.2, 0.25) is 0 Å². The first kappa shape index (κ1) is 50.6. The summed E-state index contributed by atoms with van der Waals surface area (Å²) in [5.41, 5.74) is 8.75. The molecule has 20 nitrogen and oxygen atoms in total. The van der Waals surface area contributed by atoms with Crippen LogP contribution < -0.4 is 10.6 Å². The first-order valence-corrected chi connectivity index (χ1v) is 25.4. The topological polar surface area (TPSA) is 236 Å². The largest absolute Gasteiger partial charge is 0.453 e. The standard InChI is InChI=1S/C56H60N14O6/c1-33(2)49(61-55(73)75-5)53(71)67-29-41(69-31-45(63-65-69)37-13-9-7-10-14-37)25-47(67)51-57-27-43(59-51)39-21-17-35(18-22-39)36-19-23-40(24-20-36)44-28-58-52(60-44)48-26-42(70-32-46(64-66-70)38-15-11-8-12-16-38)30-68(48)54(72)50(34(3)4)62-56(74)76-6/h7-24,27-28,31-34,41-42,47-50H,25-26,29-30H2,1-6H3,(H,57,59)(H,58,60)(H,61,73)(H,62,74)/t41-,42?,47+,48+,49+,50+/m1/s1. The number of alkyl carbamates (subject to hydrolysis) is 2. The van der Waals surface area contributed by atoms with Crippen LogP contribution in [0.5, 0.6) is 0 Å². The lowest BCUT2D eigenvalue weighted by molar-refractivity contribution is -0.136. The van der Waals surface area contributed by atoms with E-state index in [0.29, 0.717) is 37.6 Å². The minimum atomic E-state index is -0.825. The SMILES string of the molecule is COC(=O)N[C@H](C(=O)N1CC(n2cc(-c3ccccc3)nn2)C[C@H]1c1ncc(-c2ccc(-c3ccc(-c4cnc([C@@H]5C[C@@H](n6cc(-c7ccccc7)nn6)CN5C(=O)[C@@H](NC(=O)OC)C(C)C)[nH]4)cc3)cc2)[nH]1)C(C)C. The van der Waals surface area contributed by atoms with Gasteiger partial charge >= 0.3 is 12.2 Å². The normalized spacial score (nSPS) is 18.2. The monoisotopic (exact) mass is 1020 g/mol. The molecule has 2 saturated heterocycles. The van der Waals surface area contributed by atoms with Crippen molar-refractivity contribution in [3.8, 4) is 56.2 Å². The van der Waals surface area contributed by atoms with Crippen molar-refractivity contribution in [2.45, 2.75) is 76.8 Å². The number of aromatic nitrogens is 10. The molecule has 6 heterocycles. The smallest absolute Gasteiger partial charge is 0.407 e. The summed E-state index contributed by atoms with van der Waals surface area (Å²) in [6.45, 7) is 8.20. The summed E-state index contributed by atoms with van der Waals surface area (Å²) in [5, 5.41) is 23.3. The van der Waals surface area contributed by atoms with Gasteiger partial charge in [0.25, 0.3) is 0 Å². The van der Waals surface area contributed by atoms with Gasteiger partial charge in [-0.2, -0.15) is 0 Å². The Morgan fingerprint density at radius 2 is 0.895 bits per heavy atom. The van der Waals surface area contributed by atoms with E-state index in [-0.39, 0.29) is 35.7 Å². The second kappa shape index (κ2) is 21.9. The zero-order valence-electron chi connectivity index (χ0n) is 43.1. The summed E-state index contributed by atoms with van der Waals surface area (Å²) in [5.74, 6) is 0.317. The number of nitrogens with zero attached hydrogens (tertiary/aromatic N) is 10. The molecule has 6 atom stereocenters. The Kier molecular flexibility index (Phi) is 14.6. The molecular formula is C56H60N14O6. The first-order chi connectivity index (χ1) is 36.8. The Balaban J connectivity index is 0.852. The van der Waals surface area contributed by atoms with Crippen LogP contribution in [0.4, 0.5) is 9.59 Å². The van der Waals surface area contributed by atoms with Crippen molar-refractivity contribution in [3.63, 3.8) is 0 Å². The van der Waals surface area contributed by atoms with Gasteiger partial charge in [-0.1, -0.05) is 147 Å². The van der Waals surface area contributed by atoms with E-state index in [1.807, 2.05) is 134 Å². The fourth-order valence-electron chi connectivity index (χ4n) is 10.2. The van der Waals surface area contributed by atoms with Crippen molar-refractivity contribution in [2.75, 3.05) is 27.3 Å². The van der Waals surface area contributed by atoms with E-state index in [2.05, 4.69) is 65.5 Å². The fraction of sp³-hybridized carbons (Fsp3) is 0.321. The molecule has 4 aromatic carbocycles. The average molecular weight is 1030 g/mol. The number of carbonyl (C=O) groups is 4. The van der Waals surface area contributed by atoms with E-state index in [1.54, 1.807) is 22.2 Å². The number of aromatic amines is 2. The molecule has 20 heteroatoms. The van der Waals surface area contributed by atoms with Crippen molar-refractivity contribution in [1.82, 2.24) is 70.4 Å². The minimum Gasteiger partial charge on any atom is -0.453 e. The third-order valence-corrected chi connectivity index (χ3v) is 14.4. The number of ether oxygens (including phenoxy) is 2. The molecule has 1 unspecified atom stereocenters. The molecule has 390 valence electrons. The molecule has 0 radical (unpaired) electrons. The van der Waals surface area contributed by atoms with Gasteiger partial charge in [0.15, 0.2) is 0 Å². The third-order valence-electron chi connectivity index (χ3n) is 14.4. The van der Waals surface area contributed by atoms with Crippen molar-refractivity contribution >= 4 is 24.0 Å². The highest BCUT2D eigenvalue weighted by atomic mass is 16.5. The molecule has 2 aliphatic heterocycles. The fourth-order valence-corrected chi connectivity index (χ4v) is 10.2. The average Bonchev–Trinajstić information content (AvgIpc) is 4.32.